The molecule has 0 unspecified atom stereocenters. The minimum atomic E-state index is -0.493. The van der Waals surface area contributed by atoms with E-state index in [2.05, 4.69) is 13.8 Å². The zero-order chi connectivity index (χ0) is 17.0. The van der Waals surface area contributed by atoms with Crippen LogP contribution in [-0.4, -0.2) is 11.9 Å². The van der Waals surface area contributed by atoms with Crippen molar-refractivity contribution in [3.8, 4) is 0 Å². The summed E-state index contributed by atoms with van der Waals surface area (Å²) < 4.78 is 4.89. The third kappa shape index (κ3) is 7.50. The fraction of sp³-hybridized carbons (Fsp3) is 0.900. The first-order valence-corrected chi connectivity index (χ1v) is 9.89. The van der Waals surface area contributed by atoms with Crippen LogP contribution in [0.1, 0.15) is 110 Å². The van der Waals surface area contributed by atoms with Gasteiger partial charge in [0.05, 0.1) is 11.8 Å². The van der Waals surface area contributed by atoms with Gasteiger partial charge in [-0.1, -0.05) is 90.9 Å². The summed E-state index contributed by atoms with van der Waals surface area (Å²) in [6.07, 6.45) is 16.5. The predicted octanol–water partition coefficient (Wildman–Crippen LogP) is 5.95. The molecule has 0 saturated carbocycles. The van der Waals surface area contributed by atoms with Crippen LogP contribution in [0.25, 0.3) is 0 Å². The first kappa shape index (κ1) is 20.2. The Bertz CT molecular complexity index is 333. The Kier molecular flexibility index (Phi) is 10.2. The highest BCUT2D eigenvalue weighted by Crippen LogP contribution is 2.41. The van der Waals surface area contributed by atoms with Crippen LogP contribution < -0.4 is 0 Å². The maximum absolute atomic E-state index is 12.2. The Morgan fingerprint density at radius 2 is 1.17 bits per heavy atom. The highest BCUT2D eigenvalue weighted by molar-refractivity contribution is 5.97. The van der Waals surface area contributed by atoms with E-state index in [0.717, 1.165) is 25.7 Å². The van der Waals surface area contributed by atoms with Gasteiger partial charge >= 0.3 is 11.9 Å². The lowest BCUT2D eigenvalue weighted by atomic mass is 9.76. The molecule has 1 heterocycles. The van der Waals surface area contributed by atoms with Crippen molar-refractivity contribution in [1.29, 1.82) is 0 Å². The molecule has 3 heteroatoms. The van der Waals surface area contributed by atoms with Gasteiger partial charge < -0.3 is 4.74 Å². The summed E-state index contributed by atoms with van der Waals surface area (Å²) in [5.74, 6) is -0.559. The number of rotatable bonds is 14. The summed E-state index contributed by atoms with van der Waals surface area (Å²) in [7, 11) is 0. The second kappa shape index (κ2) is 11.6. The van der Waals surface area contributed by atoms with Crippen LogP contribution in [0.15, 0.2) is 0 Å². The van der Waals surface area contributed by atoms with Gasteiger partial charge in [-0.05, 0) is 12.8 Å². The maximum Gasteiger partial charge on any atom is 0.320 e. The SMILES string of the molecule is CCCCCCCCC1(CCCCCCCC)CC(=O)OC1=O. The van der Waals surface area contributed by atoms with Gasteiger partial charge in [-0.25, -0.2) is 0 Å². The lowest BCUT2D eigenvalue weighted by Gasteiger charge is -2.23. The van der Waals surface area contributed by atoms with Gasteiger partial charge in [-0.3, -0.25) is 9.59 Å². The van der Waals surface area contributed by atoms with Crippen molar-refractivity contribution >= 4 is 11.9 Å². The second-order valence-corrected chi connectivity index (χ2v) is 7.25. The molecule has 1 fully saturated rings. The smallest absolute Gasteiger partial charge is 0.320 e. The fourth-order valence-electron chi connectivity index (χ4n) is 3.59. The second-order valence-electron chi connectivity index (χ2n) is 7.25. The molecule has 0 bridgehead atoms. The molecule has 0 aromatic heterocycles. The molecule has 3 nitrogen and oxygen atoms in total. The molecule has 1 rings (SSSR count). The molecule has 1 aliphatic heterocycles. The third-order valence-electron chi connectivity index (χ3n) is 5.14. The van der Waals surface area contributed by atoms with E-state index in [1.54, 1.807) is 0 Å². The first-order valence-electron chi connectivity index (χ1n) is 9.89. The minimum absolute atomic E-state index is 0.246. The molecular weight excluding hydrogens is 288 g/mol. The Morgan fingerprint density at radius 3 is 1.57 bits per heavy atom. The van der Waals surface area contributed by atoms with E-state index in [9.17, 15) is 9.59 Å². The Labute approximate surface area is 142 Å². The Morgan fingerprint density at radius 1 is 0.739 bits per heavy atom. The Balaban J connectivity index is 2.33. The average molecular weight is 325 g/mol. The van der Waals surface area contributed by atoms with Gasteiger partial charge in [0.25, 0.3) is 0 Å². The average Bonchev–Trinajstić information content (AvgIpc) is 2.81. The van der Waals surface area contributed by atoms with E-state index in [-0.39, 0.29) is 11.9 Å². The Hall–Kier alpha value is -0.860. The van der Waals surface area contributed by atoms with Gasteiger partial charge in [0.1, 0.15) is 0 Å². The molecule has 134 valence electrons. The molecule has 0 amide bonds. The molecule has 0 aliphatic carbocycles. The summed E-state index contributed by atoms with van der Waals surface area (Å²) in [5, 5.41) is 0. The monoisotopic (exact) mass is 324 g/mol. The molecular formula is C20H36O3. The summed E-state index contributed by atoms with van der Waals surface area (Å²) in [6, 6.07) is 0. The minimum Gasteiger partial charge on any atom is -0.393 e. The van der Waals surface area contributed by atoms with Gasteiger partial charge in [0.2, 0.25) is 0 Å². The lowest BCUT2D eigenvalue weighted by molar-refractivity contribution is -0.155. The highest BCUT2D eigenvalue weighted by atomic mass is 16.6. The summed E-state index contributed by atoms with van der Waals surface area (Å²) in [6.45, 7) is 4.44. The number of hydrogen-bond acceptors (Lipinski definition) is 3. The molecule has 1 saturated heterocycles. The number of cyclic esters (lactones) is 2. The number of ether oxygens (including phenoxy) is 1. The predicted molar refractivity (Wildman–Crippen MR) is 94.1 cm³/mol. The molecule has 0 aromatic rings. The van der Waals surface area contributed by atoms with Crippen LogP contribution in [0.4, 0.5) is 0 Å². The number of carbonyl (C=O) groups excluding carboxylic acids is 2. The topological polar surface area (TPSA) is 43.4 Å². The zero-order valence-electron chi connectivity index (χ0n) is 15.3. The van der Waals surface area contributed by atoms with E-state index < -0.39 is 5.41 Å². The number of hydrogen-bond donors (Lipinski definition) is 0. The highest BCUT2D eigenvalue weighted by Gasteiger charge is 2.47. The molecule has 0 radical (unpaired) electrons. The van der Waals surface area contributed by atoms with Crippen LogP contribution in [0.2, 0.25) is 0 Å². The lowest BCUT2D eigenvalue weighted by Crippen LogP contribution is -2.26. The summed E-state index contributed by atoms with van der Waals surface area (Å²) in [5.41, 5.74) is -0.493. The summed E-state index contributed by atoms with van der Waals surface area (Å²) >= 11 is 0. The van der Waals surface area contributed by atoms with Crippen LogP contribution in [0.5, 0.6) is 0 Å². The quantitative estimate of drug-likeness (QED) is 0.225. The first-order chi connectivity index (χ1) is 11.1. The molecule has 1 aliphatic rings. The van der Waals surface area contributed by atoms with Crippen LogP contribution in [-0.2, 0) is 14.3 Å². The third-order valence-corrected chi connectivity index (χ3v) is 5.14. The number of esters is 2. The molecule has 23 heavy (non-hydrogen) atoms. The van der Waals surface area contributed by atoms with Crippen LogP contribution in [0, 0.1) is 5.41 Å². The van der Waals surface area contributed by atoms with Crippen molar-refractivity contribution in [2.24, 2.45) is 5.41 Å². The van der Waals surface area contributed by atoms with Crippen molar-refractivity contribution in [3.05, 3.63) is 0 Å². The van der Waals surface area contributed by atoms with Crippen molar-refractivity contribution in [1.82, 2.24) is 0 Å². The van der Waals surface area contributed by atoms with Crippen molar-refractivity contribution in [2.45, 2.75) is 110 Å². The van der Waals surface area contributed by atoms with Crippen molar-refractivity contribution < 1.29 is 14.3 Å². The van der Waals surface area contributed by atoms with Gasteiger partial charge in [0, 0.05) is 0 Å². The van der Waals surface area contributed by atoms with E-state index in [4.69, 9.17) is 4.74 Å². The van der Waals surface area contributed by atoms with Gasteiger partial charge in [-0.2, -0.15) is 0 Å². The summed E-state index contributed by atoms with van der Waals surface area (Å²) in [4.78, 5) is 23.8. The van der Waals surface area contributed by atoms with E-state index >= 15 is 0 Å². The van der Waals surface area contributed by atoms with Gasteiger partial charge in [-0.15, -0.1) is 0 Å². The molecule has 0 aromatic carbocycles. The van der Waals surface area contributed by atoms with Gasteiger partial charge in [0.15, 0.2) is 0 Å². The normalized spacial score (nSPS) is 16.8. The molecule has 0 spiro atoms. The zero-order valence-corrected chi connectivity index (χ0v) is 15.3. The molecule has 0 N–H and O–H groups in total. The van der Waals surface area contributed by atoms with Crippen LogP contribution >= 0.6 is 0 Å². The van der Waals surface area contributed by atoms with E-state index in [0.29, 0.717) is 6.42 Å². The van der Waals surface area contributed by atoms with Crippen molar-refractivity contribution in [3.63, 3.8) is 0 Å². The number of unbranched alkanes of at least 4 members (excludes halogenated alkanes) is 10. The maximum atomic E-state index is 12.2. The van der Waals surface area contributed by atoms with E-state index in [1.807, 2.05) is 0 Å². The fourth-order valence-corrected chi connectivity index (χ4v) is 3.59. The van der Waals surface area contributed by atoms with Crippen LogP contribution in [0.3, 0.4) is 0 Å². The van der Waals surface area contributed by atoms with E-state index in [1.165, 1.54) is 64.2 Å². The molecule has 0 atom stereocenters. The standard InChI is InChI=1S/C20H36O3/c1-3-5-7-9-11-13-15-20(17-18(21)23-19(20)22)16-14-12-10-8-6-4-2/h3-17H2,1-2H3. The van der Waals surface area contributed by atoms with Crippen molar-refractivity contribution in [2.75, 3.05) is 0 Å². The number of carbonyl (C=O) groups is 2. The largest absolute Gasteiger partial charge is 0.393 e.